The first-order chi connectivity index (χ1) is 8.37. The molecule has 0 spiro atoms. The monoisotopic (exact) mass is 250 g/mol. The predicted molar refractivity (Wildman–Crippen MR) is 78.5 cm³/mol. The summed E-state index contributed by atoms with van der Waals surface area (Å²) in [7, 11) is 12.1. The molecular formula is C14H27BN2O. The summed E-state index contributed by atoms with van der Waals surface area (Å²) in [5.41, 5.74) is 2.28. The van der Waals surface area contributed by atoms with Crippen LogP contribution in [-0.2, 0) is 4.79 Å². The van der Waals surface area contributed by atoms with Gasteiger partial charge in [-0.3, -0.25) is 4.79 Å². The van der Waals surface area contributed by atoms with E-state index >= 15 is 0 Å². The second-order valence-corrected chi connectivity index (χ2v) is 5.19. The lowest BCUT2D eigenvalue weighted by atomic mass is 9.65. The molecule has 0 fully saturated rings. The Morgan fingerprint density at radius 3 is 2.22 bits per heavy atom. The SMILES string of the molecule is CC.[B]C1(C)CCCC(N(C)C=O)=C(N(C)C)C1. The lowest BCUT2D eigenvalue weighted by Crippen LogP contribution is -2.24. The van der Waals surface area contributed by atoms with E-state index in [9.17, 15) is 4.79 Å². The van der Waals surface area contributed by atoms with E-state index < -0.39 is 0 Å². The van der Waals surface area contributed by atoms with Crippen LogP contribution in [0.1, 0.15) is 46.5 Å². The molecule has 1 amide bonds. The Kier molecular flexibility index (Phi) is 7.11. The van der Waals surface area contributed by atoms with Crippen molar-refractivity contribution in [2.45, 2.75) is 51.8 Å². The van der Waals surface area contributed by atoms with Crippen LogP contribution >= 0.6 is 0 Å². The van der Waals surface area contributed by atoms with Crippen LogP contribution in [-0.4, -0.2) is 45.2 Å². The quantitative estimate of drug-likeness (QED) is 0.568. The van der Waals surface area contributed by atoms with E-state index in [1.807, 2.05) is 35.0 Å². The second-order valence-electron chi connectivity index (χ2n) is 5.19. The van der Waals surface area contributed by atoms with Crippen LogP contribution < -0.4 is 0 Å². The number of allylic oxidation sites excluding steroid dienone is 2. The molecule has 0 heterocycles. The van der Waals surface area contributed by atoms with Crippen molar-refractivity contribution in [2.75, 3.05) is 21.1 Å². The maximum atomic E-state index is 10.9. The number of carbonyl (C=O) groups is 1. The van der Waals surface area contributed by atoms with Crippen molar-refractivity contribution in [1.29, 1.82) is 0 Å². The number of amides is 1. The summed E-state index contributed by atoms with van der Waals surface area (Å²) in [6.45, 7) is 6.08. The number of hydrogen-bond donors (Lipinski definition) is 0. The van der Waals surface area contributed by atoms with Crippen LogP contribution in [0.4, 0.5) is 0 Å². The molecule has 0 saturated heterocycles. The van der Waals surface area contributed by atoms with Gasteiger partial charge in [0.05, 0.1) is 7.85 Å². The summed E-state index contributed by atoms with van der Waals surface area (Å²) in [6, 6.07) is 0. The van der Waals surface area contributed by atoms with Crippen LogP contribution in [0, 0.1) is 0 Å². The molecule has 1 rings (SSSR count). The fraction of sp³-hybridized carbons (Fsp3) is 0.786. The third kappa shape index (κ3) is 4.75. The smallest absolute Gasteiger partial charge is 0.213 e. The summed E-state index contributed by atoms with van der Waals surface area (Å²) in [6.07, 6.45) is 4.67. The minimum absolute atomic E-state index is 0.162. The van der Waals surface area contributed by atoms with Gasteiger partial charge in [-0.15, -0.1) is 0 Å². The van der Waals surface area contributed by atoms with Crippen molar-refractivity contribution < 1.29 is 4.79 Å². The highest BCUT2D eigenvalue weighted by atomic mass is 16.1. The van der Waals surface area contributed by atoms with Gasteiger partial charge < -0.3 is 9.80 Å². The molecule has 1 unspecified atom stereocenters. The summed E-state index contributed by atoms with van der Waals surface area (Å²) >= 11 is 0. The molecule has 0 saturated carbocycles. The average molecular weight is 250 g/mol. The van der Waals surface area contributed by atoms with Crippen molar-refractivity contribution in [3.05, 3.63) is 11.4 Å². The van der Waals surface area contributed by atoms with Crippen LogP contribution in [0.5, 0.6) is 0 Å². The molecular weight excluding hydrogens is 223 g/mol. The maximum absolute atomic E-state index is 10.9. The molecule has 1 aliphatic carbocycles. The largest absolute Gasteiger partial charge is 0.380 e. The predicted octanol–water partition coefficient (Wildman–Crippen LogP) is 2.80. The molecule has 18 heavy (non-hydrogen) atoms. The van der Waals surface area contributed by atoms with Gasteiger partial charge in [0.1, 0.15) is 0 Å². The van der Waals surface area contributed by atoms with Gasteiger partial charge in [-0.25, -0.2) is 0 Å². The van der Waals surface area contributed by atoms with Gasteiger partial charge in [0.25, 0.3) is 0 Å². The van der Waals surface area contributed by atoms with Crippen molar-refractivity contribution in [3.8, 4) is 0 Å². The fourth-order valence-electron chi connectivity index (χ4n) is 2.24. The molecule has 2 radical (unpaired) electrons. The van der Waals surface area contributed by atoms with Crippen LogP contribution in [0.15, 0.2) is 11.4 Å². The number of carbonyl (C=O) groups excluding carboxylic acids is 1. The summed E-state index contributed by atoms with van der Waals surface area (Å²) in [5.74, 6) is 0. The molecule has 0 aromatic rings. The molecule has 102 valence electrons. The Bertz CT molecular complexity index is 298. The molecule has 0 bridgehead atoms. The lowest BCUT2D eigenvalue weighted by Gasteiger charge is -2.29. The maximum Gasteiger partial charge on any atom is 0.213 e. The first-order valence-electron chi connectivity index (χ1n) is 6.74. The molecule has 4 heteroatoms. The molecule has 0 aliphatic heterocycles. The van der Waals surface area contributed by atoms with E-state index in [4.69, 9.17) is 7.85 Å². The number of hydrogen-bond acceptors (Lipinski definition) is 2. The summed E-state index contributed by atoms with van der Waals surface area (Å²) in [4.78, 5) is 14.6. The third-order valence-electron chi connectivity index (χ3n) is 3.19. The molecule has 0 aromatic heterocycles. The van der Waals surface area contributed by atoms with Crippen molar-refractivity contribution in [1.82, 2.24) is 9.80 Å². The van der Waals surface area contributed by atoms with Crippen LogP contribution in [0.2, 0.25) is 5.31 Å². The zero-order chi connectivity index (χ0) is 14.3. The van der Waals surface area contributed by atoms with E-state index in [1.54, 1.807) is 4.90 Å². The highest BCUT2D eigenvalue weighted by Gasteiger charge is 2.26. The highest BCUT2D eigenvalue weighted by molar-refractivity contribution is 6.15. The highest BCUT2D eigenvalue weighted by Crippen LogP contribution is 2.41. The summed E-state index contributed by atoms with van der Waals surface area (Å²) in [5, 5.41) is -0.162. The van der Waals surface area contributed by atoms with Crippen LogP contribution in [0.3, 0.4) is 0 Å². The van der Waals surface area contributed by atoms with E-state index in [1.165, 1.54) is 5.70 Å². The fourth-order valence-corrected chi connectivity index (χ4v) is 2.24. The first kappa shape index (κ1) is 17.1. The molecule has 0 aromatic carbocycles. The van der Waals surface area contributed by atoms with Crippen LogP contribution in [0.25, 0.3) is 0 Å². The Balaban J connectivity index is 0.00000137. The topological polar surface area (TPSA) is 23.6 Å². The molecule has 1 atom stereocenters. The van der Waals surface area contributed by atoms with E-state index in [0.29, 0.717) is 0 Å². The lowest BCUT2D eigenvalue weighted by molar-refractivity contribution is -0.115. The van der Waals surface area contributed by atoms with Crippen molar-refractivity contribution in [2.24, 2.45) is 0 Å². The normalized spacial score (nSPS) is 23.7. The average Bonchev–Trinajstić information content (AvgIpc) is 2.49. The minimum atomic E-state index is -0.162. The number of rotatable bonds is 3. The van der Waals surface area contributed by atoms with E-state index in [2.05, 4.69) is 11.8 Å². The van der Waals surface area contributed by atoms with Gasteiger partial charge in [0.2, 0.25) is 6.41 Å². The Morgan fingerprint density at radius 2 is 1.78 bits per heavy atom. The van der Waals surface area contributed by atoms with Crippen molar-refractivity contribution in [3.63, 3.8) is 0 Å². The third-order valence-corrected chi connectivity index (χ3v) is 3.19. The standard InChI is InChI=1S/C12H21BN2O.C2H6/c1-12(13)7-5-6-10(15(4)9-16)11(8-12)14(2)3;1-2/h9H,5-8H2,1-4H3;1-2H3. The van der Waals surface area contributed by atoms with Crippen molar-refractivity contribution >= 4 is 14.3 Å². The van der Waals surface area contributed by atoms with Gasteiger partial charge >= 0.3 is 0 Å². The Labute approximate surface area is 114 Å². The molecule has 0 N–H and O–H groups in total. The van der Waals surface area contributed by atoms with Gasteiger partial charge in [-0.2, -0.15) is 0 Å². The van der Waals surface area contributed by atoms with E-state index in [-0.39, 0.29) is 5.31 Å². The zero-order valence-electron chi connectivity index (χ0n) is 12.8. The molecule has 1 aliphatic rings. The summed E-state index contributed by atoms with van der Waals surface area (Å²) < 4.78 is 0. The first-order valence-corrected chi connectivity index (χ1v) is 6.74. The zero-order valence-corrected chi connectivity index (χ0v) is 12.8. The van der Waals surface area contributed by atoms with E-state index in [0.717, 1.165) is 37.8 Å². The molecule has 3 nitrogen and oxygen atoms in total. The number of nitrogens with zero attached hydrogens (tertiary/aromatic N) is 2. The van der Waals surface area contributed by atoms with Gasteiger partial charge in [0.15, 0.2) is 0 Å². The minimum Gasteiger partial charge on any atom is -0.380 e. The second kappa shape index (κ2) is 7.50. The van der Waals surface area contributed by atoms with Gasteiger partial charge in [0, 0.05) is 32.5 Å². The van der Waals surface area contributed by atoms with Gasteiger partial charge in [-0.05, 0) is 19.3 Å². The van der Waals surface area contributed by atoms with Gasteiger partial charge in [-0.1, -0.05) is 32.5 Å². The Morgan fingerprint density at radius 1 is 1.22 bits per heavy atom. The Hall–Kier alpha value is -0.925.